The smallest absolute Gasteiger partial charge is 0.213 e. The summed E-state index contributed by atoms with van der Waals surface area (Å²) in [6.45, 7) is 0.638. The van der Waals surface area contributed by atoms with E-state index in [1.807, 2.05) is 12.1 Å². The molecule has 4 atom stereocenters. The molecular weight excluding hydrogens is 310 g/mol. The van der Waals surface area contributed by atoms with Crippen molar-refractivity contribution in [1.82, 2.24) is 9.97 Å². The van der Waals surface area contributed by atoms with Gasteiger partial charge in [0.25, 0.3) is 0 Å². The standard InChI is InChI=1S/C17H15N3O4/c18-5-10-1-3-12(19-6-10)11-2-4-15(20-7-11)24-14-9-23-16-13(21)8-22-17(14)16/h1-4,6-7,13-14,16-17,21H,8-9H2/t13-,14+,16-,17-/m1/s1. The Morgan fingerprint density at radius 3 is 2.67 bits per heavy atom. The number of nitriles is 1. The zero-order chi connectivity index (χ0) is 16.5. The minimum Gasteiger partial charge on any atom is -0.469 e. The van der Waals surface area contributed by atoms with Crippen LogP contribution in [-0.4, -0.2) is 52.7 Å². The van der Waals surface area contributed by atoms with E-state index in [-0.39, 0.29) is 24.9 Å². The van der Waals surface area contributed by atoms with Crippen molar-refractivity contribution >= 4 is 0 Å². The van der Waals surface area contributed by atoms with Crippen LogP contribution in [0.2, 0.25) is 0 Å². The number of hydrogen-bond donors (Lipinski definition) is 1. The van der Waals surface area contributed by atoms with Crippen LogP contribution in [0.15, 0.2) is 36.7 Å². The summed E-state index contributed by atoms with van der Waals surface area (Å²) < 4.78 is 16.9. The zero-order valence-electron chi connectivity index (χ0n) is 12.7. The average molecular weight is 325 g/mol. The molecule has 7 nitrogen and oxygen atoms in total. The van der Waals surface area contributed by atoms with Crippen molar-refractivity contribution in [1.29, 1.82) is 5.26 Å². The maximum atomic E-state index is 9.73. The Hall–Kier alpha value is -2.53. The molecule has 7 heteroatoms. The predicted molar refractivity (Wildman–Crippen MR) is 82.1 cm³/mol. The fourth-order valence-corrected chi connectivity index (χ4v) is 2.93. The Balaban J connectivity index is 1.45. The summed E-state index contributed by atoms with van der Waals surface area (Å²) in [5.74, 6) is 0.464. The molecule has 24 heavy (non-hydrogen) atoms. The highest BCUT2D eigenvalue weighted by Crippen LogP contribution is 2.29. The van der Waals surface area contributed by atoms with E-state index in [4.69, 9.17) is 19.5 Å². The second-order valence-electron chi connectivity index (χ2n) is 5.75. The molecule has 0 saturated carbocycles. The largest absolute Gasteiger partial charge is 0.469 e. The monoisotopic (exact) mass is 325 g/mol. The molecule has 2 aliphatic heterocycles. The Morgan fingerprint density at radius 2 is 1.96 bits per heavy atom. The second kappa shape index (κ2) is 6.17. The molecule has 0 radical (unpaired) electrons. The predicted octanol–water partition coefficient (Wildman–Crippen LogP) is 0.921. The first kappa shape index (κ1) is 15.0. The lowest BCUT2D eigenvalue weighted by molar-refractivity contribution is 0.00780. The molecule has 4 heterocycles. The summed E-state index contributed by atoms with van der Waals surface area (Å²) in [6.07, 6.45) is 1.73. The molecule has 0 aromatic carbocycles. The van der Waals surface area contributed by atoms with Crippen molar-refractivity contribution in [3.63, 3.8) is 0 Å². The molecule has 2 saturated heterocycles. The van der Waals surface area contributed by atoms with Gasteiger partial charge in [0.2, 0.25) is 5.88 Å². The number of aliphatic hydroxyl groups excluding tert-OH is 1. The lowest BCUT2D eigenvalue weighted by Crippen LogP contribution is -2.34. The number of ether oxygens (including phenoxy) is 3. The topological polar surface area (TPSA) is 97.5 Å². The van der Waals surface area contributed by atoms with E-state index in [9.17, 15) is 5.11 Å². The molecule has 2 aromatic heterocycles. The van der Waals surface area contributed by atoms with Crippen molar-refractivity contribution in [2.75, 3.05) is 13.2 Å². The van der Waals surface area contributed by atoms with Crippen LogP contribution in [0.25, 0.3) is 11.3 Å². The number of aliphatic hydroxyl groups is 1. The van der Waals surface area contributed by atoms with Gasteiger partial charge >= 0.3 is 0 Å². The van der Waals surface area contributed by atoms with Crippen LogP contribution in [0, 0.1) is 11.3 Å². The highest BCUT2D eigenvalue weighted by Gasteiger charge is 2.48. The Bertz CT molecular complexity index is 757. The summed E-state index contributed by atoms with van der Waals surface area (Å²) in [5, 5.41) is 18.5. The van der Waals surface area contributed by atoms with Crippen LogP contribution in [0.4, 0.5) is 0 Å². The lowest BCUT2D eigenvalue weighted by atomic mass is 10.1. The number of rotatable bonds is 3. The molecule has 0 bridgehead atoms. The number of nitrogens with zero attached hydrogens (tertiary/aromatic N) is 3. The molecule has 2 aliphatic rings. The Kier molecular flexibility index (Phi) is 3.86. The van der Waals surface area contributed by atoms with Crippen molar-refractivity contribution in [2.45, 2.75) is 24.4 Å². The van der Waals surface area contributed by atoms with E-state index >= 15 is 0 Å². The molecule has 1 N–H and O–H groups in total. The first-order valence-electron chi connectivity index (χ1n) is 7.65. The van der Waals surface area contributed by atoms with E-state index in [0.29, 0.717) is 18.1 Å². The third kappa shape index (κ3) is 2.71. The van der Waals surface area contributed by atoms with Gasteiger partial charge in [-0.3, -0.25) is 4.98 Å². The molecule has 2 fully saturated rings. The minimum atomic E-state index is -0.596. The SMILES string of the molecule is N#Cc1ccc(-c2ccc(O[C@H]3CO[C@H]4[C@@H]3OC[C@H]4O)nc2)nc1. The number of fused-ring (bicyclic) bond motifs is 1. The van der Waals surface area contributed by atoms with Gasteiger partial charge in [-0.05, 0) is 18.2 Å². The molecule has 4 rings (SSSR count). The van der Waals surface area contributed by atoms with Gasteiger partial charge in [-0.2, -0.15) is 5.26 Å². The number of aromatic nitrogens is 2. The van der Waals surface area contributed by atoms with Gasteiger partial charge in [-0.15, -0.1) is 0 Å². The first-order valence-corrected chi connectivity index (χ1v) is 7.65. The van der Waals surface area contributed by atoms with Gasteiger partial charge in [0.1, 0.15) is 24.4 Å². The Morgan fingerprint density at radius 1 is 1.08 bits per heavy atom. The summed E-state index contributed by atoms with van der Waals surface area (Å²) >= 11 is 0. The lowest BCUT2D eigenvalue weighted by Gasteiger charge is -2.17. The maximum Gasteiger partial charge on any atom is 0.213 e. The van der Waals surface area contributed by atoms with Gasteiger partial charge in [0, 0.05) is 24.0 Å². The Labute approximate surface area is 138 Å². The fourth-order valence-electron chi connectivity index (χ4n) is 2.93. The average Bonchev–Trinajstić information content (AvgIpc) is 3.19. The van der Waals surface area contributed by atoms with E-state index in [1.54, 1.807) is 24.4 Å². The molecule has 122 valence electrons. The molecular formula is C17H15N3O4. The van der Waals surface area contributed by atoms with E-state index in [0.717, 1.165) is 11.3 Å². The van der Waals surface area contributed by atoms with Gasteiger partial charge in [0.05, 0.1) is 24.5 Å². The van der Waals surface area contributed by atoms with E-state index in [1.165, 1.54) is 6.20 Å². The van der Waals surface area contributed by atoms with Crippen molar-refractivity contribution < 1.29 is 19.3 Å². The van der Waals surface area contributed by atoms with Crippen LogP contribution in [-0.2, 0) is 9.47 Å². The summed E-state index contributed by atoms with van der Waals surface area (Å²) in [7, 11) is 0. The molecule has 0 aliphatic carbocycles. The van der Waals surface area contributed by atoms with E-state index < -0.39 is 6.10 Å². The van der Waals surface area contributed by atoms with Gasteiger partial charge in [-0.1, -0.05) is 0 Å². The van der Waals surface area contributed by atoms with Crippen LogP contribution in [0.3, 0.4) is 0 Å². The first-order chi connectivity index (χ1) is 11.7. The van der Waals surface area contributed by atoms with Gasteiger partial charge in [0.15, 0.2) is 6.10 Å². The zero-order valence-corrected chi connectivity index (χ0v) is 12.7. The highest BCUT2D eigenvalue weighted by molar-refractivity contribution is 5.58. The minimum absolute atomic E-state index is 0.262. The second-order valence-corrected chi connectivity index (χ2v) is 5.75. The van der Waals surface area contributed by atoms with Crippen LogP contribution >= 0.6 is 0 Å². The third-order valence-electron chi connectivity index (χ3n) is 4.18. The molecule has 0 spiro atoms. The molecule has 2 aromatic rings. The normalized spacial score (nSPS) is 28.3. The van der Waals surface area contributed by atoms with E-state index in [2.05, 4.69) is 9.97 Å². The van der Waals surface area contributed by atoms with Gasteiger partial charge in [-0.25, -0.2) is 4.98 Å². The number of hydrogen-bond acceptors (Lipinski definition) is 7. The van der Waals surface area contributed by atoms with Crippen LogP contribution < -0.4 is 4.74 Å². The van der Waals surface area contributed by atoms with Gasteiger partial charge < -0.3 is 19.3 Å². The van der Waals surface area contributed by atoms with Crippen LogP contribution in [0.1, 0.15) is 5.56 Å². The van der Waals surface area contributed by atoms with Crippen molar-refractivity contribution in [3.05, 3.63) is 42.2 Å². The maximum absolute atomic E-state index is 9.73. The molecule has 0 amide bonds. The quantitative estimate of drug-likeness (QED) is 0.896. The summed E-state index contributed by atoms with van der Waals surface area (Å²) in [5.41, 5.74) is 2.08. The summed E-state index contributed by atoms with van der Waals surface area (Å²) in [6, 6.07) is 9.14. The third-order valence-corrected chi connectivity index (χ3v) is 4.18. The highest BCUT2D eigenvalue weighted by atomic mass is 16.6. The van der Waals surface area contributed by atoms with Crippen molar-refractivity contribution in [2.24, 2.45) is 0 Å². The van der Waals surface area contributed by atoms with Crippen molar-refractivity contribution in [3.8, 4) is 23.2 Å². The molecule has 0 unspecified atom stereocenters. The fraction of sp³-hybridized carbons (Fsp3) is 0.353. The number of pyridine rings is 2. The van der Waals surface area contributed by atoms with Crippen LogP contribution in [0.5, 0.6) is 5.88 Å². The summed E-state index contributed by atoms with van der Waals surface area (Å²) in [4.78, 5) is 8.53.